The summed E-state index contributed by atoms with van der Waals surface area (Å²) in [4.78, 5) is 20.4. The molecule has 0 saturated carbocycles. The first kappa shape index (κ1) is 22.0. The van der Waals surface area contributed by atoms with Crippen molar-refractivity contribution in [2.75, 3.05) is 23.3 Å². The van der Waals surface area contributed by atoms with E-state index in [1.54, 1.807) is 60.9 Å². The Bertz CT molecular complexity index is 1220. The number of carbonyl (C=O) groups excluding carboxylic acids is 1. The normalized spacial score (nSPS) is 14.9. The maximum absolute atomic E-state index is 14.7. The van der Waals surface area contributed by atoms with E-state index in [1.165, 1.54) is 11.0 Å². The van der Waals surface area contributed by atoms with Gasteiger partial charge in [-0.15, -0.1) is 0 Å². The lowest BCUT2D eigenvalue weighted by atomic mass is 10.1. The Morgan fingerprint density at radius 2 is 2.00 bits per heavy atom. The molecule has 1 aliphatic rings. The number of rotatable bonds is 6. The van der Waals surface area contributed by atoms with Gasteiger partial charge >= 0.3 is 6.09 Å². The predicted molar refractivity (Wildman–Crippen MR) is 127 cm³/mol. The molecular weight excluding hydrogens is 445 g/mol. The minimum Gasteiger partial charge on any atom is -0.442 e. The summed E-state index contributed by atoms with van der Waals surface area (Å²) in [5, 5.41) is 9.84. The van der Waals surface area contributed by atoms with Gasteiger partial charge in [0.1, 0.15) is 11.9 Å². The van der Waals surface area contributed by atoms with E-state index >= 15 is 0 Å². The molecule has 4 rings (SSSR count). The number of amides is 1. The Morgan fingerprint density at radius 3 is 2.70 bits per heavy atom. The average Bonchev–Trinajstić information content (AvgIpc) is 3.20. The van der Waals surface area contributed by atoms with E-state index in [2.05, 4.69) is 25.6 Å². The minimum absolute atomic E-state index is 0.253. The topological polar surface area (TPSA) is 115 Å². The van der Waals surface area contributed by atoms with Crippen LogP contribution >= 0.6 is 12.2 Å². The average molecular weight is 463 g/mol. The Balaban J connectivity index is 1.33. The zero-order valence-corrected chi connectivity index (χ0v) is 18.0. The van der Waals surface area contributed by atoms with E-state index in [4.69, 9.17) is 22.5 Å². The third kappa shape index (κ3) is 5.35. The summed E-state index contributed by atoms with van der Waals surface area (Å²) in [7, 11) is 0. The Labute approximate surface area is 193 Å². The maximum Gasteiger partial charge on any atom is 0.414 e. The number of azide groups is 1. The number of cyclic esters (lactones) is 1. The largest absolute Gasteiger partial charge is 0.442 e. The third-order valence-corrected chi connectivity index (χ3v) is 5.15. The van der Waals surface area contributed by atoms with E-state index < -0.39 is 18.0 Å². The summed E-state index contributed by atoms with van der Waals surface area (Å²) < 4.78 is 20.1. The van der Waals surface area contributed by atoms with Crippen LogP contribution in [0.4, 0.5) is 26.2 Å². The first-order chi connectivity index (χ1) is 16.0. The van der Waals surface area contributed by atoms with E-state index in [0.717, 1.165) is 0 Å². The molecule has 0 spiro atoms. The van der Waals surface area contributed by atoms with Crippen LogP contribution in [0.5, 0.6) is 0 Å². The van der Waals surface area contributed by atoms with Crippen LogP contribution < -0.4 is 15.5 Å². The van der Waals surface area contributed by atoms with Crippen molar-refractivity contribution in [3.63, 3.8) is 0 Å². The first-order valence-corrected chi connectivity index (χ1v) is 10.3. The zero-order chi connectivity index (χ0) is 23.2. The van der Waals surface area contributed by atoms with Gasteiger partial charge in [0, 0.05) is 34.2 Å². The molecule has 1 aliphatic heterocycles. The van der Waals surface area contributed by atoms with Crippen molar-refractivity contribution in [2.24, 2.45) is 5.11 Å². The molecule has 1 atom stereocenters. The monoisotopic (exact) mass is 463 g/mol. The van der Waals surface area contributed by atoms with Crippen LogP contribution in [0.25, 0.3) is 21.6 Å². The summed E-state index contributed by atoms with van der Waals surface area (Å²) in [6.45, 7) is 0.534. The van der Waals surface area contributed by atoms with Crippen molar-refractivity contribution < 1.29 is 13.9 Å². The summed E-state index contributed by atoms with van der Waals surface area (Å²) in [6.07, 6.45) is 2.17. The molecule has 3 aromatic rings. The second-order valence-electron chi connectivity index (χ2n) is 7.09. The number of ether oxygens (including phenoxy) is 1. The molecule has 33 heavy (non-hydrogen) atoms. The SMILES string of the molecule is [N-]=[N+]=Nc1ccc(NC(=S)NCC2CN(c3ccc(-c4ccncc4)c(F)c3)C(=O)O2)cc1. The summed E-state index contributed by atoms with van der Waals surface area (Å²) in [6, 6.07) is 14.8. The van der Waals surface area contributed by atoms with Crippen molar-refractivity contribution in [3.8, 4) is 11.1 Å². The molecule has 2 N–H and O–H groups in total. The first-order valence-electron chi connectivity index (χ1n) is 9.91. The van der Waals surface area contributed by atoms with Crippen molar-refractivity contribution in [2.45, 2.75) is 6.10 Å². The fraction of sp³-hybridized carbons (Fsp3) is 0.136. The molecule has 0 aliphatic carbocycles. The fourth-order valence-corrected chi connectivity index (χ4v) is 3.52. The molecule has 2 heterocycles. The van der Waals surface area contributed by atoms with Gasteiger partial charge in [0.2, 0.25) is 0 Å². The highest BCUT2D eigenvalue weighted by Crippen LogP contribution is 2.28. The van der Waals surface area contributed by atoms with Gasteiger partial charge in [-0.3, -0.25) is 9.88 Å². The van der Waals surface area contributed by atoms with E-state index in [9.17, 15) is 9.18 Å². The van der Waals surface area contributed by atoms with Gasteiger partial charge in [0.15, 0.2) is 5.11 Å². The van der Waals surface area contributed by atoms with Crippen molar-refractivity contribution in [1.82, 2.24) is 10.3 Å². The molecular formula is C22H18FN7O2S. The van der Waals surface area contributed by atoms with E-state index in [-0.39, 0.29) is 13.1 Å². The molecule has 2 aromatic carbocycles. The molecule has 1 saturated heterocycles. The van der Waals surface area contributed by atoms with Crippen LogP contribution in [0, 0.1) is 5.82 Å². The number of anilines is 2. The Hall–Kier alpha value is -4.21. The second kappa shape index (κ2) is 9.94. The second-order valence-corrected chi connectivity index (χ2v) is 7.50. The molecule has 1 fully saturated rings. The number of thiocarbonyl (C=S) groups is 1. The van der Waals surface area contributed by atoms with Crippen LogP contribution in [-0.4, -0.2) is 35.4 Å². The van der Waals surface area contributed by atoms with Gasteiger partial charge in [0.25, 0.3) is 0 Å². The predicted octanol–water partition coefficient (Wildman–Crippen LogP) is 5.14. The van der Waals surface area contributed by atoms with E-state index in [1.807, 2.05) is 0 Å². The van der Waals surface area contributed by atoms with Crippen molar-refractivity contribution >= 4 is 40.5 Å². The Kier molecular flexibility index (Phi) is 6.63. The molecule has 1 aromatic heterocycles. The third-order valence-electron chi connectivity index (χ3n) is 4.91. The molecule has 11 heteroatoms. The van der Waals surface area contributed by atoms with Crippen LogP contribution in [-0.2, 0) is 4.74 Å². The summed E-state index contributed by atoms with van der Waals surface area (Å²) >= 11 is 5.27. The Morgan fingerprint density at radius 1 is 1.24 bits per heavy atom. The highest BCUT2D eigenvalue weighted by atomic mass is 32.1. The number of pyridine rings is 1. The lowest BCUT2D eigenvalue weighted by molar-refractivity contribution is 0.143. The van der Waals surface area contributed by atoms with Crippen LogP contribution in [0.2, 0.25) is 0 Å². The van der Waals surface area contributed by atoms with Crippen LogP contribution in [0.15, 0.2) is 72.1 Å². The minimum atomic E-state index is -0.551. The summed E-state index contributed by atoms with van der Waals surface area (Å²) in [5.74, 6) is -0.440. The van der Waals surface area contributed by atoms with Gasteiger partial charge in [-0.25, -0.2) is 9.18 Å². The number of hydrogen-bond acceptors (Lipinski definition) is 5. The highest BCUT2D eigenvalue weighted by Gasteiger charge is 2.32. The highest BCUT2D eigenvalue weighted by molar-refractivity contribution is 7.80. The van der Waals surface area contributed by atoms with Gasteiger partial charge < -0.3 is 15.4 Å². The fourth-order valence-electron chi connectivity index (χ4n) is 3.32. The van der Waals surface area contributed by atoms with Crippen LogP contribution in [0.1, 0.15) is 0 Å². The van der Waals surface area contributed by atoms with Gasteiger partial charge in [-0.05, 0) is 65.8 Å². The lowest BCUT2D eigenvalue weighted by Gasteiger charge is -2.15. The molecule has 0 bridgehead atoms. The van der Waals surface area contributed by atoms with Crippen molar-refractivity contribution in [3.05, 3.63) is 83.3 Å². The van der Waals surface area contributed by atoms with Gasteiger partial charge in [-0.2, -0.15) is 0 Å². The lowest BCUT2D eigenvalue weighted by Crippen LogP contribution is -2.37. The maximum atomic E-state index is 14.7. The zero-order valence-electron chi connectivity index (χ0n) is 17.2. The number of aromatic nitrogens is 1. The molecule has 0 radical (unpaired) electrons. The van der Waals surface area contributed by atoms with Crippen LogP contribution in [0.3, 0.4) is 0 Å². The number of nitrogens with zero attached hydrogens (tertiary/aromatic N) is 5. The molecule has 166 valence electrons. The quantitative estimate of drug-likeness (QED) is 0.226. The number of carbonyl (C=O) groups is 1. The van der Waals surface area contributed by atoms with Gasteiger partial charge in [-0.1, -0.05) is 17.2 Å². The molecule has 9 nitrogen and oxygen atoms in total. The van der Waals surface area contributed by atoms with Crippen molar-refractivity contribution in [1.29, 1.82) is 0 Å². The summed E-state index contributed by atoms with van der Waals surface area (Å²) in [5.41, 5.74) is 11.2. The molecule has 1 unspecified atom stereocenters. The smallest absolute Gasteiger partial charge is 0.414 e. The number of nitrogens with one attached hydrogen (secondary N) is 2. The number of hydrogen-bond donors (Lipinski definition) is 2. The number of halogens is 1. The number of benzene rings is 2. The standard InChI is InChI=1S/C22H18FN7O2S/c23-20-11-17(5-6-19(20)14-7-9-25-10-8-14)30-13-18(32-22(30)31)12-26-21(33)27-15-1-3-16(4-2-15)28-29-24/h1-11,18H,12-13H2,(H2,26,27,33). The van der Waals surface area contributed by atoms with Gasteiger partial charge in [0.05, 0.1) is 18.8 Å². The van der Waals surface area contributed by atoms with E-state index in [0.29, 0.717) is 33.3 Å². The molecule has 1 amide bonds.